The molecule has 1 saturated heterocycles. The van der Waals surface area contributed by atoms with E-state index in [2.05, 4.69) is 15.6 Å². The zero-order valence-electron chi connectivity index (χ0n) is 9.86. The number of hydrogen-bond acceptors (Lipinski definition) is 4. The first-order chi connectivity index (χ1) is 8.12. The molecule has 2 rings (SSSR count). The summed E-state index contributed by atoms with van der Waals surface area (Å²) < 4.78 is 0. The van der Waals surface area contributed by atoms with Gasteiger partial charge in [-0.15, -0.1) is 0 Å². The Morgan fingerprint density at radius 3 is 2.88 bits per heavy atom. The quantitative estimate of drug-likeness (QED) is 0.718. The van der Waals surface area contributed by atoms with Crippen LogP contribution in [-0.2, 0) is 4.79 Å². The molecular weight excluding hydrogens is 218 g/mol. The van der Waals surface area contributed by atoms with Crippen molar-refractivity contribution < 1.29 is 9.90 Å². The van der Waals surface area contributed by atoms with Crippen LogP contribution in [0, 0.1) is 5.41 Å². The Morgan fingerprint density at radius 2 is 2.24 bits per heavy atom. The summed E-state index contributed by atoms with van der Waals surface area (Å²) in [5.41, 5.74) is -0.380. The highest BCUT2D eigenvalue weighted by Gasteiger charge is 2.34. The summed E-state index contributed by atoms with van der Waals surface area (Å²) in [5, 5.41) is 15.5. The van der Waals surface area contributed by atoms with Crippen LogP contribution in [0.4, 0.5) is 5.82 Å². The normalized spacial score (nSPS) is 18.6. The van der Waals surface area contributed by atoms with Crippen molar-refractivity contribution in [3.05, 3.63) is 18.3 Å². The molecule has 92 valence electrons. The van der Waals surface area contributed by atoms with Gasteiger partial charge in [-0.25, -0.2) is 4.98 Å². The molecule has 0 aliphatic carbocycles. The van der Waals surface area contributed by atoms with Gasteiger partial charge in [-0.2, -0.15) is 0 Å². The monoisotopic (exact) mass is 235 g/mol. The van der Waals surface area contributed by atoms with Crippen LogP contribution >= 0.6 is 0 Å². The number of carbonyl (C=O) groups is 1. The number of nitrogens with one attached hydrogen (secondary N) is 2. The molecule has 0 bridgehead atoms. The summed E-state index contributed by atoms with van der Waals surface area (Å²) in [6.45, 7) is 3.64. The van der Waals surface area contributed by atoms with Gasteiger partial charge in [-0.1, -0.05) is 6.92 Å². The fraction of sp³-hybridized carbons (Fsp3) is 0.500. The second-order valence-electron chi connectivity index (χ2n) is 4.64. The fourth-order valence-corrected chi connectivity index (χ4v) is 1.96. The van der Waals surface area contributed by atoms with E-state index in [1.165, 1.54) is 6.07 Å². The van der Waals surface area contributed by atoms with Gasteiger partial charge in [0.05, 0.1) is 0 Å². The van der Waals surface area contributed by atoms with Crippen molar-refractivity contribution in [3.63, 3.8) is 0 Å². The molecule has 1 fully saturated rings. The molecule has 2 heterocycles. The predicted molar refractivity (Wildman–Crippen MR) is 64.7 cm³/mol. The van der Waals surface area contributed by atoms with E-state index >= 15 is 0 Å². The van der Waals surface area contributed by atoms with Crippen LogP contribution in [0.15, 0.2) is 18.3 Å². The Hall–Kier alpha value is -1.62. The van der Waals surface area contributed by atoms with E-state index in [0.717, 1.165) is 25.9 Å². The lowest BCUT2D eigenvalue weighted by atomic mass is 9.80. The lowest BCUT2D eigenvalue weighted by Crippen LogP contribution is -2.42. The van der Waals surface area contributed by atoms with Gasteiger partial charge in [0.1, 0.15) is 0 Å². The molecule has 17 heavy (non-hydrogen) atoms. The number of carbonyl (C=O) groups excluding carboxylic acids is 1. The van der Waals surface area contributed by atoms with Crippen molar-refractivity contribution in [2.75, 3.05) is 18.4 Å². The first-order valence-corrected chi connectivity index (χ1v) is 5.78. The molecule has 1 aromatic heterocycles. The van der Waals surface area contributed by atoms with Gasteiger partial charge in [-0.3, -0.25) is 4.79 Å². The minimum atomic E-state index is -0.380. The molecule has 1 aliphatic heterocycles. The maximum absolute atomic E-state index is 12.2. The standard InChI is InChI=1S/C12H17N3O2/c1-12(4-7-13-8-5-12)11(17)15-10-9(16)3-2-6-14-10/h2-3,6,13,16H,4-5,7-8H2,1H3,(H,14,15,17). The minimum absolute atomic E-state index is 0.00150. The molecule has 0 atom stereocenters. The van der Waals surface area contributed by atoms with Crippen LogP contribution in [-0.4, -0.2) is 29.1 Å². The van der Waals surface area contributed by atoms with Gasteiger partial charge in [-0.05, 0) is 38.1 Å². The SMILES string of the molecule is CC1(C(=O)Nc2ncccc2O)CCNCC1. The number of rotatable bonds is 2. The summed E-state index contributed by atoms with van der Waals surface area (Å²) in [5.74, 6) is 0.156. The molecule has 0 unspecified atom stereocenters. The van der Waals surface area contributed by atoms with Crippen LogP contribution in [0.2, 0.25) is 0 Å². The number of piperidine rings is 1. The average molecular weight is 235 g/mol. The van der Waals surface area contributed by atoms with Crippen molar-refractivity contribution in [2.24, 2.45) is 5.41 Å². The van der Waals surface area contributed by atoms with Crippen molar-refractivity contribution in [1.29, 1.82) is 0 Å². The number of hydrogen-bond donors (Lipinski definition) is 3. The van der Waals surface area contributed by atoms with Crippen molar-refractivity contribution in [3.8, 4) is 5.75 Å². The second-order valence-corrected chi connectivity index (χ2v) is 4.64. The predicted octanol–water partition coefficient (Wildman–Crippen LogP) is 1.12. The highest BCUT2D eigenvalue weighted by atomic mass is 16.3. The van der Waals surface area contributed by atoms with Gasteiger partial charge in [0.2, 0.25) is 5.91 Å². The van der Waals surface area contributed by atoms with Gasteiger partial charge >= 0.3 is 0 Å². The van der Waals surface area contributed by atoms with E-state index in [1.807, 2.05) is 6.92 Å². The van der Waals surface area contributed by atoms with Crippen molar-refractivity contribution in [2.45, 2.75) is 19.8 Å². The minimum Gasteiger partial charge on any atom is -0.504 e. The molecule has 3 N–H and O–H groups in total. The Kier molecular flexibility index (Phi) is 3.28. The third-order valence-electron chi connectivity index (χ3n) is 3.27. The van der Waals surface area contributed by atoms with Gasteiger partial charge in [0.15, 0.2) is 11.6 Å². The second kappa shape index (κ2) is 4.71. The maximum atomic E-state index is 12.2. The summed E-state index contributed by atoms with van der Waals surface area (Å²) in [4.78, 5) is 16.1. The zero-order chi connectivity index (χ0) is 12.3. The van der Waals surface area contributed by atoms with Crippen LogP contribution < -0.4 is 10.6 Å². The molecule has 0 spiro atoms. The van der Waals surface area contributed by atoms with E-state index in [-0.39, 0.29) is 22.9 Å². The van der Waals surface area contributed by atoms with Gasteiger partial charge in [0.25, 0.3) is 0 Å². The lowest BCUT2D eigenvalue weighted by molar-refractivity contribution is -0.126. The molecular formula is C12H17N3O2. The first-order valence-electron chi connectivity index (χ1n) is 5.78. The van der Waals surface area contributed by atoms with Crippen molar-refractivity contribution >= 4 is 11.7 Å². The largest absolute Gasteiger partial charge is 0.504 e. The summed E-state index contributed by atoms with van der Waals surface area (Å²) in [7, 11) is 0. The Bertz CT molecular complexity index is 414. The van der Waals surface area contributed by atoms with E-state index in [0.29, 0.717) is 0 Å². The van der Waals surface area contributed by atoms with E-state index in [9.17, 15) is 9.90 Å². The summed E-state index contributed by atoms with van der Waals surface area (Å²) in [6, 6.07) is 3.13. The van der Waals surface area contributed by atoms with Crippen molar-refractivity contribution in [1.82, 2.24) is 10.3 Å². The van der Waals surface area contributed by atoms with Gasteiger partial charge < -0.3 is 15.7 Å². The zero-order valence-corrected chi connectivity index (χ0v) is 9.86. The Morgan fingerprint density at radius 1 is 1.53 bits per heavy atom. The van der Waals surface area contributed by atoms with E-state index < -0.39 is 0 Å². The van der Waals surface area contributed by atoms with Crippen LogP contribution in [0.1, 0.15) is 19.8 Å². The van der Waals surface area contributed by atoms with E-state index in [1.54, 1.807) is 12.3 Å². The van der Waals surface area contributed by atoms with Crippen LogP contribution in [0.3, 0.4) is 0 Å². The van der Waals surface area contributed by atoms with Gasteiger partial charge in [0, 0.05) is 11.6 Å². The third-order valence-corrected chi connectivity index (χ3v) is 3.27. The smallest absolute Gasteiger partial charge is 0.231 e. The highest BCUT2D eigenvalue weighted by Crippen LogP contribution is 2.30. The number of aromatic hydroxyl groups is 1. The third kappa shape index (κ3) is 2.55. The first kappa shape index (κ1) is 11.9. The fourth-order valence-electron chi connectivity index (χ4n) is 1.96. The molecule has 1 aliphatic rings. The Balaban J connectivity index is 2.08. The molecule has 5 heteroatoms. The molecule has 0 radical (unpaired) electrons. The van der Waals surface area contributed by atoms with Crippen LogP contribution in [0.5, 0.6) is 5.75 Å². The molecule has 0 saturated carbocycles. The summed E-state index contributed by atoms with van der Waals surface area (Å²) >= 11 is 0. The maximum Gasteiger partial charge on any atom is 0.231 e. The number of anilines is 1. The number of amides is 1. The summed E-state index contributed by atoms with van der Waals surface area (Å²) in [6.07, 6.45) is 3.14. The van der Waals surface area contributed by atoms with Crippen LogP contribution in [0.25, 0.3) is 0 Å². The van der Waals surface area contributed by atoms with E-state index in [4.69, 9.17) is 0 Å². The molecule has 1 amide bonds. The molecule has 1 aromatic rings. The molecule has 0 aromatic carbocycles. The highest BCUT2D eigenvalue weighted by molar-refractivity contribution is 5.95. The Labute approximate surface area is 100 Å². The molecule has 5 nitrogen and oxygen atoms in total. The number of nitrogens with zero attached hydrogens (tertiary/aromatic N) is 1. The number of aromatic nitrogens is 1. The lowest BCUT2D eigenvalue weighted by Gasteiger charge is -2.32. The topological polar surface area (TPSA) is 74.2 Å². The number of pyridine rings is 1. The average Bonchev–Trinajstić information content (AvgIpc) is 2.33.